The van der Waals surface area contributed by atoms with Crippen molar-refractivity contribution in [2.75, 3.05) is 0 Å². The molecule has 0 saturated carbocycles. The minimum Gasteiger partial charge on any atom is -0.325 e. The summed E-state index contributed by atoms with van der Waals surface area (Å²) in [5.74, 6) is -1.47. The summed E-state index contributed by atoms with van der Waals surface area (Å²) in [5, 5.41) is 0. The predicted octanol–water partition coefficient (Wildman–Crippen LogP) is 1.88. The lowest BCUT2D eigenvalue weighted by molar-refractivity contribution is 0.509. The van der Waals surface area contributed by atoms with E-state index in [1.807, 2.05) is 0 Å². The molecule has 0 amide bonds. The van der Waals surface area contributed by atoms with E-state index in [9.17, 15) is 8.78 Å². The van der Waals surface area contributed by atoms with Crippen molar-refractivity contribution in [1.29, 1.82) is 0 Å². The van der Waals surface area contributed by atoms with Crippen molar-refractivity contribution in [3.63, 3.8) is 0 Å². The van der Waals surface area contributed by atoms with Gasteiger partial charge in [-0.2, -0.15) is 0 Å². The highest BCUT2D eigenvalue weighted by molar-refractivity contribution is 5.54. The van der Waals surface area contributed by atoms with Gasteiger partial charge in [-0.25, -0.2) is 18.7 Å². The monoisotopic (exact) mass is 221 g/mol. The Hall–Kier alpha value is -1.88. The molecule has 2 aromatic rings. The molecule has 2 rings (SSSR count). The van der Waals surface area contributed by atoms with Gasteiger partial charge in [0.2, 0.25) is 0 Å². The van der Waals surface area contributed by atoms with Crippen LogP contribution in [0.2, 0.25) is 0 Å². The summed E-state index contributed by atoms with van der Waals surface area (Å²) >= 11 is 0. The van der Waals surface area contributed by atoms with Gasteiger partial charge >= 0.3 is 0 Å². The zero-order valence-electron chi connectivity index (χ0n) is 8.32. The Morgan fingerprint density at radius 3 is 2.62 bits per heavy atom. The highest BCUT2D eigenvalue weighted by atomic mass is 19.2. The molecular weight excluding hydrogens is 212 g/mol. The summed E-state index contributed by atoms with van der Waals surface area (Å²) in [6, 6.07) is 5.20. The molecule has 0 aliphatic rings. The summed E-state index contributed by atoms with van der Waals surface area (Å²) in [5.41, 5.74) is 6.50. The molecule has 5 heteroatoms. The maximum atomic E-state index is 13.0. The molecule has 0 aliphatic heterocycles. The molecule has 0 fully saturated rings. The molecule has 0 saturated heterocycles. The molecule has 0 bridgehead atoms. The smallest absolute Gasteiger partial charge is 0.159 e. The van der Waals surface area contributed by atoms with Crippen molar-refractivity contribution in [1.82, 2.24) is 9.97 Å². The standard InChI is InChI=1S/C11H9F2N3/c12-9-2-1-7(5-10(9)13)11-15-4-3-8(6-14)16-11/h1-5H,6,14H2. The van der Waals surface area contributed by atoms with Crippen molar-refractivity contribution < 1.29 is 8.78 Å². The minimum atomic E-state index is -0.917. The number of aromatic nitrogens is 2. The van der Waals surface area contributed by atoms with Gasteiger partial charge in [0.15, 0.2) is 17.5 Å². The Kier molecular flexibility index (Phi) is 2.87. The number of nitrogens with zero attached hydrogens (tertiary/aromatic N) is 2. The summed E-state index contributed by atoms with van der Waals surface area (Å²) < 4.78 is 25.7. The van der Waals surface area contributed by atoms with Crippen molar-refractivity contribution in [2.24, 2.45) is 5.73 Å². The Morgan fingerprint density at radius 1 is 1.12 bits per heavy atom. The van der Waals surface area contributed by atoms with E-state index in [1.165, 1.54) is 12.3 Å². The number of hydrogen-bond acceptors (Lipinski definition) is 3. The number of benzene rings is 1. The lowest BCUT2D eigenvalue weighted by atomic mass is 10.2. The third-order valence-corrected chi connectivity index (χ3v) is 2.10. The Balaban J connectivity index is 2.46. The quantitative estimate of drug-likeness (QED) is 0.842. The zero-order valence-corrected chi connectivity index (χ0v) is 8.32. The zero-order chi connectivity index (χ0) is 11.5. The number of halogens is 2. The summed E-state index contributed by atoms with van der Waals surface area (Å²) in [7, 11) is 0. The molecule has 0 unspecified atom stereocenters. The van der Waals surface area contributed by atoms with Crippen LogP contribution in [-0.2, 0) is 6.54 Å². The highest BCUT2D eigenvalue weighted by Gasteiger charge is 2.06. The normalized spacial score (nSPS) is 10.4. The average molecular weight is 221 g/mol. The van der Waals surface area contributed by atoms with E-state index < -0.39 is 11.6 Å². The molecule has 16 heavy (non-hydrogen) atoms. The SMILES string of the molecule is NCc1ccnc(-c2ccc(F)c(F)c2)n1. The molecule has 3 nitrogen and oxygen atoms in total. The minimum absolute atomic E-state index is 0.277. The van der Waals surface area contributed by atoms with E-state index >= 15 is 0 Å². The molecule has 2 N–H and O–H groups in total. The Labute approximate surface area is 91.0 Å². The van der Waals surface area contributed by atoms with Crippen molar-refractivity contribution in [3.05, 3.63) is 47.8 Å². The van der Waals surface area contributed by atoms with Gasteiger partial charge in [0.05, 0.1) is 5.69 Å². The van der Waals surface area contributed by atoms with Crippen LogP contribution in [0.1, 0.15) is 5.69 Å². The molecule has 1 heterocycles. The molecule has 0 spiro atoms. The van der Waals surface area contributed by atoms with Gasteiger partial charge in [0.25, 0.3) is 0 Å². The van der Waals surface area contributed by atoms with E-state index in [1.54, 1.807) is 6.07 Å². The first-order valence-corrected chi connectivity index (χ1v) is 4.68. The van der Waals surface area contributed by atoms with Crippen molar-refractivity contribution >= 4 is 0 Å². The van der Waals surface area contributed by atoms with Gasteiger partial charge in [0.1, 0.15) is 0 Å². The average Bonchev–Trinajstić information content (AvgIpc) is 2.33. The lowest BCUT2D eigenvalue weighted by Gasteiger charge is -2.02. The number of rotatable bonds is 2. The van der Waals surface area contributed by atoms with Crippen LogP contribution in [0.25, 0.3) is 11.4 Å². The van der Waals surface area contributed by atoms with Crippen LogP contribution in [0, 0.1) is 11.6 Å². The molecule has 0 aliphatic carbocycles. The molecule has 1 aromatic carbocycles. The van der Waals surface area contributed by atoms with E-state index in [2.05, 4.69) is 9.97 Å². The fourth-order valence-corrected chi connectivity index (χ4v) is 1.28. The Bertz CT molecular complexity index is 514. The lowest BCUT2D eigenvalue weighted by Crippen LogP contribution is -2.01. The van der Waals surface area contributed by atoms with Crippen molar-refractivity contribution in [2.45, 2.75) is 6.54 Å². The molecular formula is C11H9F2N3. The molecule has 82 valence electrons. The van der Waals surface area contributed by atoms with Gasteiger partial charge < -0.3 is 5.73 Å². The summed E-state index contributed by atoms with van der Waals surface area (Å²) in [6.45, 7) is 0.277. The van der Waals surface area contributed by atoms with Gasteiger partial charge in [0, 0.05) is 18.3 Å². The second-order valence-electron chi connectivity index (χ2n) is 3.20. The molecule has 0 atom stereocenters. The van der Waals surface area contributed by atoms with Crippen LogP contribution in [0.3, 0.4) is 0 Å². The van der Waals surface area contributed by atoms with Gasteiger partial charge in [-0.05, 0) is 24.3 Å². The first kappa shape index (κ1) is 10.6. The fourth-order valence-electron chi connectivity index (χ4n) is 1.28. The van der Waals surface area contributed by atoms with Gasteiger partial charge in [-0.1, -0.05) is 0 Å². The van der Waals surface area contributed by atoms with E-state index in [0.29, 0.717) is 17.1 Å². The topological polar surface area (TPSA) is 51.8 Å². The largest absolute Gasteiger partial charge is 0.325 e. The fraction of sp³-hybridized carbons (Fsp3) is 0.0909. The van der Waals surface area contributed by atoms with E-state index in [4.69, 9.17) is 5.73 Å². The van der Waals surface area contributed by atoms with Crippen LogP contribution in [0.5, 0.6) is 0 Å². The second-order valence-corrected chi connectivity index (χ2v) is 3.20. The summed E-state index contributed by atoms with van der Waals surface area (Å²) in [6.07, 6.45) is 1.53. The molecule has 0 radical (unpaired) electrons. The van der Waals surface area contributed by atoms with Crippen LogP contribution in [0.4, 0.5) is 8.78 Å². The van der Waals surface area contributed by atoms with Gasteiger partial charge in [-0.15, -0.1) is 0 Å². The predicted molar refractivity (Wildman–Crippen MR) is 55.3 cm³/mol. The first-order valence-electron chi connectivity index (χ1n) is 4.68. The maximum absolute atomic E-state index is 13.0. The Morgan fingerprint density at radius 2 is 1.94 bits per heavy atom. The number of nitrogens with two attached hydrogens (primary N) is 1. The maximum Gasteiger partial charge on any atom is 0.159 e. The van der Waals surface area contributed by atoms with Crippen LogP contribution >= 0.6 is 0 Å². The van der Waals surface area contributed by atoms with Crippen LogP contribution < -0.4 is 5.73 Å². The first-order chi connectivity index (χ1) is 7.70. The third kappa shape index (κ3) is 2.04. The van der Waals surface area contributed by atoms with Crippen molar-refractivity contribution in [3.8, 4) is 11.4 Å². The molecule has 1 aromatic heterocycles. The highest BCUT2D eigenvalue weighted by Crippen LogP contribution is 2.17. The summed E-state index contributed by atoms with van der Waals surface area (Å²) in [4.78, 5) is 8.08. The van der Waals surface area contributed by atoms with E-state index in [0.717, 1.165) is 12.1 Å². The van der Waals surface area contributed by atoms with E-state index in [-0.39, 0.29) is 6.54 Å². The van der Waals surface area contributed by atoms with Gasteiger partial charge in [-0.3, -0.25) is 0 Å². The van der Waals surface area contributed by atoms with Crippen LogP contribution in [-0.4, -0.2) is 9.97 Å². The van der Waals surface area contributed by atoms with Crippen LogP contribution in [0.15, 0.2) is 30.5 Å². The second kappa shape index (κ2) is 4.32. The third-order valence-electron chi connectivity index (χ3n) is 2.10. The number of hydrogen-bond donors (Lipinski definition) is 1.